The summed E-state index contributed by atoms with van der Waals surface area (Å²) in [5.74, 6) is -0.325. The third-order valence-electron chi connectivity index (χ3n) is 4.19. The molecule has 2 fully saturated rings. The number of benzene rings is 1. The van der Waals surface area contributed by atoms with Gasteiger partial charge in [0, 0.05) is 31.2 Å². The fourth-order valence-electron chi connectivity index (χ4n) is 2.80. The maximum Gasteiger partial charge on any atom is 0.416 e. The van der Waals surface area contributed by atoms with E-state index in [1.165, 1.54) is 16.4 Å². The fraction of sp³-hybridized carbons (Fsp3) is 0.467. The van der Waals surface area contributed by atoms with Gasteiger partial charge < -0.3 is 4.74 Å². The highest BCUT2D eigenvalue weighted by Crippen LogP contribution is 2.21. The van der Waals surface area contributed by atoms with Crippen molar-refractivity contribution in [3.63, 3.8) is 0 Å². The molecule has 0 bridgehead atoms. The van der Waals surface area contributed by atoms with Crippen molar-refractivity contribution in [3.8, 4) is 0 Å². The van der Waals surface area contributed by atoms with Crippen molar-refractivity contribution in [3.05, 3.63) is 29.3 Å². The molecule has 2 aliphatic rings. The Bertz CT molecular complexity index is 777. The van der Waals surface area contributed by atoms with E-state index in [-0.39, 0.29) is 43.6 Å². The van der Waals surface area contributed by atoms with Gasteiger partial charge in [0.25, 0.3) is 0 Å². The minimum Gasteiger partial charge on any atom is -0.447 e. The number of imide groups is 1. The van der Waals surface area contributed by atoms with Gasteiger partial charge in [0.15, 0.2) is 0 Å². The van der Waals surface area contributed by atoms with Crippen LogP contribution in [0.3, 0.4) is 0 Å². The maximum absolute atomic E-state index is 12.6. The number of ether oxygens (including phenoxy) is 1. The van der Waals surface area contributed by atoms with E-state index in [0.29, 0.717) is 18.1 Å². The number of nitrogens with zero attached hydrogens (tertiary/aromatic N) is 3. The van der Waals surface area contributed by atoms with E-state index in [9.17, 15) is 18.0 Å². The van der Waals surface area contributed by atoms with Crippen LogP contribution in [0.15, 0.2) is 29.2 Å². The number of amides is 2. The SMILES string of the molecule is O=C(CN1CCN(S(=O)(=O)c2cccc(Cl)c2)CC1)N1CCOC1=O. The van der Waals surface area contributed by atoms with Gasteiger partial charge >= 0.3 is 6.09 Å². The Balaban J connectivity index is 1.58. The van der Waals surface area contributed by atoms with Crippen LogP contribution in [0.4, 0.5) is 4.79 Å². The molecule has 25 heavy (non-hydrogen) atoms. The Labute approximate surface area is 150 Å². The van der Waals surface area contributed by atoms with Gasteiger partial charge in [-0.3, -0.25) is 9.69 Å². The molecule has 1 aromatic rings. The molecule has 0 aromatic heterocycles. The Hall–Kier alpha value is -1.68. The van der Waals surface area contributed by atoms with Crippen molar-refractivity contribution in [1.29, 1.82) is 0 Å². The predicted molar refractivity (Wildman–Crippen MR) is 89.7 cm³/mol. The van der Waals surface area contributed by atoms with Crippen molar-refractivity contribution in [2.45, 2.75) is 4.90 Å². The summed E-state index contributed by atoms with van der Waals surface area (Å²) < 4.78 is 31.4. The summed E-state index contributed by atoms with van der Waals surface area (Å²) >= 11 is 5.87. The standard InChI is InChI=1S/C15H18ClN3O5S/c16-12-2-1-3-13(10-12)25(22,23)18-6-4-17(5-7-18)11-14(20)19-8-9-24-15(19)21/h1-3,10H,4-9,11H2. The molecule has 0 spiro atoms. The summed E-state index contributed by atoms with van der Waals surface area (Å²) in [6.07, 6.45) is -0.618. The van der Waals surface area contributed by atoms with Crippen molar-refractivity contribution in [1.82, 2.24) is 14.1 Å². The molecule has 2 amide bonds. The molecular formula is C15H18ClN3O5S. The largest absolute Gasteiger partial charge is 0.447 e. The van der Waals surface area contributed by atoms with Gasteiger partial charge in [-0.15, -0.1) is 0 Å². The minimum atomic E-state index is -3.61. The minimum absolute atomic E-state index is 0.0696. The van der Waals surface area contributed by atoms with Gasteiger partial charge in [0.1, 0.15) is 6.61 Å². The smallest absolute Gasteiger partial charge is 0.416 e. The second kappa shape index (κ2) is 7.28. The first-order chi connectivity index (χ1) is 11.9. The molecule has 136 valence electrons. The number of carbonyl (C=O) groups excluding carboxylic acids is 2. The van der Waals surface area contributed by atoms with Crippen molar-refractivity contribution in [2.24, 2.45) is 0 Å². The second-order valence-electron chi connectivity index (χ2n) is 5.80. The number of cyclic esters (lactones) is 1. The lowest BCUT2D eigenvalue weighted by Gasteiger charge is -2.33. The topological polar surface area (TPSA) is 87.2 Å². The molecule has 1 aromatic carbocycles. The van der Waals surface area contributed by atoms with Crippen molar-refractivity contribution in [2.75, 3.05) is 45.9 Å². The second-order valence-corrected chi connectivity index (χ2v) is 8.17. The summed E-state index contributed by atoms with van der Waals surface area (Å²) in [5.41, 5.74) is 0. The summed E-state index contributed by atoms with van der Waals surface area (Å²) in [6.45, 7) is 1.92. The van der Waals surface area contributed by atoms with E-state index in [1.54, 1.807) is 12.1 Å². The van der Waals surface area contributed by atoms with Crippen LogP contribution < -0.4 is 0 Å². The molecule has 2 aliphatic heterocycles. The average molecular weight is 388 g/mol. The Kier molecular flexibility index (Phi) is 5.28. The van der Waals surface area contributed by atoms with Crippen LogP contribution >= 0.6 is 11.6 Å². The average Bonchev–Trinajstić information content (AvgIpc) is 3.01. The Morgan fingerprint density at radius 2 is 1.88 bits per heavy atom. The molecule has 0 saturated carbocycles. The number of hydrogen-bond donors (Lipinski definition) is 0. The van der Waals surface area contributed by atoms with Crippen LogP contribution in [-0.2, 0) is 19.6 Å². The highest BCUT2D eigenvalue weighted by molar-refractivity contribution is 7.89. The molecule has 3 rings (SSSR count). The zero-order valence-electron chi connectivity index (χ0n) is 13.4. The van der Waals surface area contributed by atoms with E-state index in [2.05, 4.69) is 0 Å². The number of rotatable bonds is 4. The van der Waals surface area contributed by atoms with E-state index in [1.807, 2.05) is 4.90 Å². The number of piperazine rings is 1. The van der Waals surface area contributed by atoms with E-state index in [4.69, 9.17) is 16.3 Å². The fourth-order valence-corrected chi connectivity index (χ4v) is 4.52. The first kappa shape index (κ1) is 18.1. The van der Waals surface area contributed by atoms with Crippen LogP contribution in [0.2, 0.25) is 5.02 Å². The van der Waals surface area contributed by atoms with Gasteiger partial charge in [-0.25, -0.2) is 18.1 Å². The van der Waals surface area contributed by atoms with Gasteiger partial charge in [0.2, 0.25) is 15.9 Å². The van der Waals surface area contributed by atoms with Crippen molar-refractivity contribution >= 4 is 33.6 Å². The van der Waals surface area contributed by atoms with Crippen LogP contribution in [-0.4, -0.2) is 80.4 Å². The lowest BCUT2D eigenvalue weighted by molar-refractivity contribution is -0.129. The maximum atomic E-state index is 12.6. The molecular weight excluding hydrogens is 370 g/mol. The summed E-state index contributed by atoms with van der Waals surface area (Å²) in [5, 5.41) is 0.364. The molecule has 2 saturated heterocycles. The predicted octanol–water partition coefficient (Wildman–Crippen LogP) is 0.625. The van der Waals surface area contributed by atoms with Gasteiger partial charge in [-0.2, -0.15) is 4.31 Å². The molecule has 8 nitrogen and oxygen atoms in total. The monoisotopic (exact) mass is 387 g/mol. The van der Waals surface area contributed by atoms with Crippen LogP contribution in [0.1, 0.15) is 0 Å². The van der Waals surface area contributed by atoms with E-state index in [0.717, 1.165) is 4.90 Å². The van der Waals surface area contributed by atoms with Crippen LogP contribution in [0.25, 0.3) is 0 Å². The number of halogens is 1. The third-order valence-corrected chi connectivity index (χ3v) is 6.32. The molecule has 0 N–H and O–H groups in total. The van der Waals surface area contributed by atoms with E-state index < -0.39 is 16.1 Å². The summed E-state index contributed by atoms with van der Waals surface area (Å²) in [7, 11) is -3.61. The lowest BCUT2D eigenvalue weighted by atomic mass is 10.3. The number of carbonyl (C=O) groups is 2. The zero-order chi connectivity index (χ0) is 18.0. The normalized spacial score (nSPS) is 19.9. The van der Waals surface area contributed by atoms with Crippen molar-refractivity contribution < 1.29 is 22.7 Å². The first-order valence-corrected chi connectivity index (χ1v) is 9.65. The number of hydrogen-bond acceptors (Lipinski definition) is 6. The number of sulfonamides is 1. The highest BCUT2D eigenvalue weighted by Gasteiger charge is 2.32. The Morgan fingerprint density at radius 3 is 2.48 bits per heavy atom. The third kappa shape index (κ3) is 3.95. The first-order valence-electron chi connectivity index (χ1n) is 7.83. The molecule has 0 aliphatic carbocycles. The van der Waals surface area contributed by atoms with Gasteiger partial charge in [-0.1, -0.05) is 17.7 Å². The molecule has 10 heteroatoms. The molecule has 2 heterocycles. The summed E-state index contributed by atoms with van der Waals surface area (Å²) in [6, 6.07) is 6.15. The summed E-state index contributed by atoms with van der Waals surface area (Å²) in [4.78, 5) is 26.6. The van der Waals surface area contributed by atoms with Crippen LogP contribution in [0.5, 0.6) is 0 Å². The highest BCUT2D eigenvalue weighted by atomic mass is 35.5. The molecule has 0 unspecified atom stereocenters. The van der Waals surface area contributed by atoms with Gasteiger partial charge in [0.05, 0.1) is 18.0 Å². The molecule has 0 radical (unpaired) electrons. The molecule has 0 atom stereocenters. The van der Waals surface area contributed by atoms with Crippen LogP contribution in [0, 0.1) is 0 Å². The lowest BCUT2D eigenvalue weighted by Crippen LogP contribution is -2.51. The Morgan fingerprint density at radius 1 is 1.16 bits per heavy atom. The van der Waals surface area contributed by atoms with E-state index >= 15 is 0 Å². The quantitative estimate of drug-likeness (QED) is 0.753. The van der Waals surface area contributed by atoms with Gasteiger partial charge in [-0.05, 0) is 18.2 Å². The zero-order valence-corrected chi connectivity index (χ0v) is 15.0.